The summed E-state index contributed by atoms with van der Waals surface area (Å²) in [5.41, 5.74) is 2.31. The fourth-order valence-electron chi connectivity index (χ4n) is 5.47. The van der Waals surface area contributed by atoms with Crippen LogP contribution < -0.4 is 4.74 Å². The van der Waals surface area contributed by atoms with Gasteiger partial charge in [-0.3, -0.25) is 9.78 Å². The number of aliphatic carboxylic acids is 1. The van der Waals surface area contributed by atoms with E-state index in [1.54, 1.807) is 7.11 Å². The van der Waals surface area contributed by atoms with E-state index in [9.17, 15) is 9.90 Å². The number of piperidine rings is 1. The van der Waals surface area contributed by atoms with Crippen LogP contribution in [-0.4, -0.2) is 53.5 Å². The van der Waals surface area contributed by atoms with Gasteiger partial charge in [-0.1, -0.05) is 11.6 Å². The van der Waals surface area contributed by atoms with E-state index < -0.39 is 5.97 Å². The zero-order valence-electron chi connectivity index (χ0n) is 21.6. The number of likely N-dealkylation sites (tertiary alicyclic amines) is 1. The minimum absolute atomic E-state index is 0.260. The number of halogens is 1. The first kappa shape index (κ1) is 27.7. The maximum Gasteiger partial charge on any atom is 0.303 e. The number of methoxy groups -OCH3 is 1. The highest BCUT2D eigenvalue weighted by Gasteiger charge is 2.29. The van der Waals surface area contributed by atoms with Crippen LogP contribution in [-0.2, 0) is 11.2 Å². The summed E-state index contributed by atoms with van der Waals surface area (Å²) < 4.78 is 5.42. The lowest BCUT2D eigenvalue weighted by Gasteiger charge is -2.39. The number of thioether (sulfide) groups is 1. The number of benzene rings is 2. The second-order valence-electron chi connectivity index (χ2n) is 9.94. The molecular weight excluding hydrogens is 504 g/mol. The molecule has 1 saturated heterocycles. The molecule has 0 amide bonds. The SMILES string of the molecule is COc1ccc2nccc(CCCC3CCN(CCCSc4ccc(Cl)cc4)CC3CCC(=O)O)c2c1. The normalized spacial score (nSPS) is 18.2. The van der Waals surface area contributed by atoms with Crippen LogP contribution in [0.15, 0.2) is 59.6 Å². The zero-order valence-corrected chi connectivity index (χ0v) is 23.1. The lowest BCUT2D eigenvalue weighted by atomic mass is 9.79. The molecule has 4 rings (SSSR count). The van der Waals surface area contributed by atoms with Gasteiger partial charge in [0.15, 0.2) is 0 Å². The van der Waals surface area contributed by atoms with Gasteiger partial charge in [0.1, 0.15) is 5.75 Å². The number of carboxylic acids is 1. The maximum absolute atomic E-state index is 11.3. The van der Waals surface area contributed by atoms with E-state index in [0.717, 1.165) is 85.6 Å². The summed E-state index contributed by atoms with van der Waals surface area (Å²) in [7, 11) is 1.69. The molecule has 2 atom stereocenters. The van der Waals surface area contributed by atoms with Crippen LogP contribution in [0, 0.1) is 11.8 Å². The fraction of sp³-hybridized carbons (Fsp3) is 0.467. The van der Waals surface area contributed by atoms with Gasteiger partial charge in [-0.05, 0) is 123 Å². The molecule has 2 unspecified atom stereocenters. The van der Waals surface area contributed by atoms with Crippen molar-refractivity contribution >= 4 is 40.2 Å². The number of hydrogen-bond donors (Lipinski definition) is 1. The van der Waals surface area contributed by atoms with Crippen molar-refractivity contribution in [3.8, 4) is 5.75 Å². The summed E-state index contributed by atoms with van der Waals surface area (Å²) in [6.45, 7) is 3.19. The third-order valence-corrected chi connectivity index (χ3v) is 8.82. The third-order valence-electron chi connectivity index (χ3n) is 7.47. The first-order chi connectivity index (χ1) is 18.0. The highest BCUT2D eigenvalue weighted by molar-refractivity contribution is 7.99. The third kappa shape index (κ3) is 8.36. The second kappa shape index (κ2) is 14.0. The largest absolute Gasteiger partial charge is 0.497 e. The highest BCUT2D eigenvalue weighted by Crippen LogP contribution is 2.33. The molecule has 37 heavy (non-hydrogen) atoms. The number of carbonyl (C=O) groups is 1. The molecule has 1 aliphatic heterocycles. The van der Waals surface area contributed by atoms with Crippen molar-refractivity contribution in [1.82, 2.24) is 9.88 Å². The van der Waals surface area contributed by atoms with Crippen LogP contribution in [0.25, 0.3) is 10.9 Å². The van der Waals surface area contributed by atoms with E-state index in [4.69, 9.17) is 16.3 Å². The summed E-state index contributed by atoms with van der Waals surface area (Å²) in [4.78, 5) is 19.6. The number of fused-ring (bicyclic) bond motifs is 1. The average molecular weight is 541 g/mol. The summed E-state index contributed by atoms with van der Waals surface area (Å²) in [6, 6.07) is 16.2. The lowest BCUT2D eigenvalue weighted by Crippen LogP contribution is -2.41. The minimum Gasteiger partial charge on any atom is -0.497 e. The molecule has 0 aliphatic carbocycles. The molecule has 0 saturated carbocycles. The number of rotatable bonds is 13. The number of pyridine rings is 1. The van der Waals surface area contributed by atoms with Crippen LogP contribution in [0.4, 0.5) is 0 Å². The smallest absolute Gasteiger partial charge is 0.303 e. The molecule has 1 fully saturated rings. The molecule has 0 bridgehead atoms. The van der Waals surface area contributed by atoms with Crippen molar-refractivity contribution in [3.05, 3.63) is 65.3 Å². The number of aryl methyl sites for hydroxylation is 1. The summed E-state index contributed by atoms with van der Waals surface area (Å²) in [5.74, 6) is 2.28. The van der Waals surface area contributed by atoms with Crippen LogP contribution >= 0.6 is 23.4 Å². The van der Waals surface area contributed by atoms with Crippen LogP contribution in [0.2, 0.25) is 5.02 Å². The number of ether oxygens (including phenoxy) is 1. The average Bonchev–Trinajstić information content (AvgIpc) is 2.91. The quantitative estimate of drug-likeness (QED) is 0.183. The van der Waals surface area contributed by atoms with Crippen LogP contribution in [0.1, 0.15) is 44.1 Å². The molecule has 3 aromatic rings. The molecule has 1 aliphatic rings. The van der Waals surface area contributed by atoms with E-state index in [0.29, 0.717) is 11.8 Å². The summed E-state index contributed by atoms with van der Waals surface area (Å²) >= 11 is 7.85. The Hall–Kier alpha value is -2.28. The van der Waals surface area contributed by atoms with Crippen LogP contribution in [0.3, 0.4) is 0 Å². The molecule has 5 nitrogen and oxygen atoms in total. The minimum atomic E-state index is -0.688. The Balaban J connectivity index is 1.28. The van der Waals surface area contributed by atoms with E-state index in [1.807, 2.05) is 42.2 Å². The van der Waals surface area contributed by atoms with Gasteiger partial charge in [0, 0.05) is 34.5 Å². The van der Waals surface area contributed by atoms with Gasteiger partial charge in [0.05, 0.1) is 12.6 Å². The lowest BCUT2D eigenvalue weighted by molar-refractivity contribution is -0.137. The Kier molecular flexibility index (Phi) is 10.5. The first-order valence-corrected chi connectivity index (χ1v) is 14.6. The van der Waals surface area contributed by atoms with Crippen molar-refractivity contribution in [2.45, 2.75) is 49.8 Å². The first-order valence-electron chi connectivity index (χ1n) is 13.3. The number of nitrogens with zero attached hydrogens (tertiary/aromatic N) is 2. The summed E-state index contributed by atoms with van der Waals surface area (Å²) in [6.07, 6.45) is 8.44. The highest BCUT2D eigenvalue weighted by atomic mass is 35.5. The summed E-state index contributed by atoms with van der Waals surface area (Å²) in [5, 5.41) is 11.3. The molecule has 7 heteroatoms. The van der Waals surface area contributed by atoms with E-state index in [1.165, 1.54) is 10.5 Å². The number of carboxylic acid groups (broad SMARTS) is 1. The second-order valence-corrected chi connectivity index (χ2v) is 11.5. The molecule has 1 aromatic heterocycles. The Morgan fingerprint density at radius 2 is 1.97 bits per heavy atom. The van der Waals surface area contributed by atoms with Gasteiger partial charge in [-0.25, -0.2) is 0 Å². The maximum atomic E-state index is 11.3. The van der Waals surface area contributed by atoms with Crippen molar-refractivity contribution in [1.29, 1.82) is 0 Å². The van der Waals surface area contributed by atoms with Crippen LogP contribution in [0.5, 0.6) is 5.75 Å². The van der Waals surface area contributed by atoms with E-state index in [2.05, 4.69) is 34.1 Å². The predicted octanol–water partition coefficient (Wildman–Crippen LogP) is 7.20. The molecular formula is C30H37ClN2O3S. The number of hydrogen-bond acceptors (Lipinski definition) is 5. The Labute approximate surface area is 229 Å². The van der Waals surface area contributed by atoms with Gasteiger partial charge in [0.2, 0.25) is 0 Å². The van der Waals surface area contributed by atoms with E-state index in [-0.39, 0.29) is 6.42 Å². The standard InChI is InChI=1S/C30H37ClN2O3S/c1-36-26-9-12-29-28(20-26)23(14-16-32-29)5-2-4-22-15-18-33(21-24(22)6-13-30(34)35)17-3-19-37-27-10-7-25(31)8-11-27/h7-12,14,16,20,22,24H,2-6,13,15,17-19,21H2,1H3,(H,34,35). The Morgan fingerprint density at radius 1 is 1.14 bits per heavy atom. The predicted molar refractivity (Wildman–Crippen MR) is 153 cm³/mol. The monoisotopic (exact) mass is 540 g/mol. The van der Waals surface area contributed by atoms with Crippen molar-refractivity contribution < 1.29 is 14.6 Å². The molecule has 198 valence electrons. The molecule has 0 radical (unpaired) electrons. The van der Waals surface area contributed by atoms with Crippen molar-refractivity contribution in [2.75, 3.05) is 32.5 Å². The van der Waals surface area contributed by atoms with Gasteiger partial charge in [-0.15, -0.1) is 11.8 Å². The van der Waals surface area contributed by atoms with Gasteiger partial charge in [0.25, 0.3) is 0 Å². The molecule has 0 spiro atoms. The van der Waals surface area contributed by atoms with E-state index >= 15 is 0 Å². The van der Waals surface area contributed by atoms with Gasteiger partial charge in [-0.2, -0.15) is 0 Å². The molecule has 2 heterocycles. The van der Waals surface area contributed by atoms with Gasteiger partial charge >= 0.3 is 5.97 Å². The topological polar surface area (TPSA) is 62.7 Å². The Bertz CT molecular complexity index is 1160. The number of aromatic nitrogens is 1. The Morgan fingerprint density at radius 3 is 2.76 bits per heavy atom. The molecule has 2 aromatic carbocycles. The van der Waals surface area contributed by atoms with Gasteiger partial charge < -0.3 is 14.7 Å². The van der Waals surface area contributed by atoms with Crippen molar-refractivity contribution in [2.24, 2.45) is 11.8 Å². The van der Waals surface area contributed by atoms with Crippen molar-refractivity contribution in [3.63, 3.8) is 0 Å². The fourth-order valence-corrected chi connectivity index (χ4v) is 6.43. The zero-order chi connectivity index (χ0) is 26.0. The molecule has 1 N–H and O–H groups in total.